The van der Waals surface area contributed by atoms with E-state index in [1.807, 2.05) is 18.2 Å². The molecule has 0 spiro atoms. The van der Waals surface area contributed by atoms with E-state index < -0.39 is 0 Å². The minimum atomic E-state index is -0.268. The molecule has 120 valence electrons. The molecule has 1 aliphatic heterocycles. The summed E-state index contributed by atoms with van der Waals surface area (Å²) in [5.74, 6) is -0.240. The number of hydrogen-bond acceptors (Lipinski definition) is 3. The quantitative estimate of drug-likeness (QED) is 0.911. The molecule has 1 saturated heterocycles. The Hall–Kier alpha value is -2.24. The molecule has 0 radical (unpaired) electrons. The van der Waals surface area contributed by atoms with Crippen LogP contribution in [0, 0.1) is 5.82 Å². The number of hydrogen-bond donors (Lipinski definition) is 2. The van der Waals surface area contributed by atoms with E-state index in [9.17, 15) is 9.18 Å². The van der Waals surface area contributed by atoms with Crippen LogP contribution in [0.4, 0.5) is 4.39 Å². The second kappa shape index (κ2) is 6.89. The Balaban J connectivity index is 1.59. The summed E-state index contributed by atoms with van der Waals surface area (Å²) < 4.78 is 12.9. The number of amides is 1. The van der Waals surface area contributed by atoms with E-state index in [0.717, 1.165) is 11.1 Å². The van der Waals surface area contributed by atoms with Gasteiger partial charge in [-0.3, -0.25) is 4.79 Å². The normalized spacial score (nSPS) is 20.4. The maximum atomic E-state index is 12.9. The first-order valence-corrected chi connectivity index (χ1v) is 7.69. The van der Waals surface area contributed by atoms with Gasteiger partial charge < -0.3 is 4.90 Å². The number of nitrogens with zero attached hydrogens (tertiary/aromatic N) is 1. The van der Waals surface area contributed by atoms with E-state index in [2.05, 4.69) is 23.0 Å². The predicted octanol–water partition coefficient (Wildman–Crippen LogP) is 2.39. The molecule has 5 heteroatoms. The third-order valence-corrected chi connectivity index (χ3v) is 4.11. The van der Waals surface area contributed by atoms with Gasteiger partial charge in [0.2, 0.25) is 5.91 Å². The van der Waals surface area contributed by atoms with Crippen molar-refractivity contribution in [2.24, 2.45) is 0 Å². The zero-order valence-corrected chi connectivity index (χ0v) is 13.0. The van der Waals surface area contributed by atoms with Gasteiger partial charge in [-0.25, -0.2) is 15.2 Å². The summed E-state index contributed by atoms with van der Waals surface area (Å²) in [7, 11) is 1.77. The third kappa shape index (κ3) is 3.75. The summed E-state index contributed by atoms with van der Waals surface area (Å²) in [6, 6.07) is 16.2. The Morgan fingerprint density at radius 2 is 1.83 bits per heavy atom. The van der Waals surface area contributed by atoms with Crippen LogP contribution in [-0.2, 0) is 11.3 Å². The number of hydrazine groups is 1. The Labute approximate surface area is 135 Å². The lowest BCUT2D eigenvalue weighted by atomic mass is 10.0. The first-order valence-electron chi connectivity index (χ1n) is 7.69. The van der Waals surface area contributed by atoms with E-state index >= 15 is 0 Å². The number of likely N-dealkylation sites (N-methyl/N-ethyl adjacent to an activating group) is 1. The van der Waals surface area contributed by atoms with Crippen LogP contribution < -0.4 is 10.9 Å². The molecule has 1 aliphatic rings. The van der Waals surface area contributed by atoms with Crippen LogP contribution in [0.1, 0.15) is 23.6 Å². The third-order valence-electron chi connectivity index (χ3n) is 4.11. The van der Waals surface area contributed by atoms with E-state index in [-0.39, 0.29) is 23.8 Å². The van der Waals surface area contributed by atoms with Crippen molar-refractivity contribution in [1.29, 1.82) is 0 Å². The molecule has 0 bridgehead atoms. The summed E-state index contributed by atoms with van der Waals surface area (Å²) in [4.78, 5) is 14.2. The summed E-state index contributed by atoms with van der Waals surface area (Å²) in [6.45, 7) is 0.466. The summed E-state index contributed by atoms with van der Waals surface area (Å²) in [6.07, 6.45) is 0.705. The molecule has 1 heterocycles. The Bertz CT molecular complexity index is 660. The molecule has 4 nitrogen and oxygen atoms in total. The van der Waals surface area contributed by atoms with Gasteiger partial charge in [0.25, 0.3) is 0 Å². The lowest BCUT2D eigenvalue weighted by molar-refractivity contribution is -0.132. The van der Waals surface area contributed by atoms with Gasteiger partial charge in [0.15, 0.2) is 0 Å². The van der Waals surface area contributed by atoms with Crippen molar-refractivity contribution in [1.82, 2.24) is 15.8 Å². The molecule has 0 aliphatic carbocycles. The van der Waals surface area contributed by atoms with Gasteiger partial charge >= 0.3 is 0 Å². The molecule has 2 aromatic rings. The molecule has 2 N–H and O–H groups in total. The standard InChI is InChI=1S/C18H20FN3O/c1-22(12-13-7-9-15(19)10-8-13)18(23)17-11-16(20-21-17)14-5-3-2-4-6-14/h2-10,16-17,20-21H,11-12H2,1H3. The van der Waals surface area contributed by atoms with E-state index in [4.69, 9.17) is 0 Å². The first-order chi connectivity index (χ1) is 11.1. The second-order valence-corrected chi connectivity index (χ2v) is 5.86. The number of carbonyl (C=O) groups is 1. The van der Waals surface area contributed by atoms with Gasteiger partial charge in [-0.2, -0.15) is 0 Å². The van der Waals surface area contributed by atoms with Crippen molar-refractivity contribution in [3.8, 4) is 0 Å². The van der Waals surface area contributed by atoms with Gasteiger partial charge in [0.1, 0.15) is 11.9 Å². The average Bonchev–Trinajstić information content (AvgIpc) is 3.07. The van der Waals surface area contributed by atoms with Crippen molar-refractivity contribution in [3.63, 3.8) is 0 Å². The number of nitrogens with one attached hydrogen (secondary N) is 2. The number of halogens is 1. The van der Waals surface area contributed by atoms with Crippen molar-refractivity contribution >= 4 is 5.91 Å². The topological polar surface area (TPSA) is 44.4 Å². The van der Waals surface area contributed by atoms with Gasteiger partial charge in [0.05, 0.1) is 0 Å². The van der Waals surface area contributed by atoms with Gasteiger partial charge in [0, 0.05) is 19.6 Å². The monoisotopic (exact) mass is 313 g/mol. The first kappa shape index (κ1) is 15.6. The summed E-state index contributed by atoms with van der Waals surface area (Å²) in [5.41, 5.74) is 8.34. The predicted molar refractivity (Wildman–Crippen MR) is 86.7 cm³/mol. The molecular formula is C18H20FN3O. The molecule has 2 unspecified atom stereocenters. The van der Waals surface area contributed by atoms with Crippen molar-refractivity contribution < 1.29 is 9.18 Å². The van der Waals surface area contributed by atoms with Crippen LogP contribution in [0.25, 0.3) is 0 Å². The SMILES string of the molecule is CN(Cc1ccc(F)cc1)C(=O)C1CC(c2ccccc2)NN1. The molecule has 2 atom stereocenters. The molecule has 0 aromatic heterocycles. The molecule has 23 heavy (non-hydrogen) atoms. The molecule has 1 fully saturated rings. The number of rotatable bonds is 4. The minimum Gasteiger partial charge on any atom is -0.340 e. The highest BCUT2D eigenvalue weighted by atomic mass is 19.1. The maximum Gasteiger partial charge on any atom is 0.241 e. The van der Waals surface area contributed by atoms with E-state index in [1.165, 1.54) is 12.1 Å². The maximum absolute atomic E-state index is 12.9. The van der Waals surface area contributed by atoms with E-state index in [1.54, 1.807) is 24.1 Å². The average molecular weight is 313 g/mol. The minimum absolute atomic E-state index is 0.0280. The highest BCUT2D eigenvalue weighted by Crippen LogP contribution is 2.22. The van der Waals surface area contributed by atoms with Crippen LogP contribution in [0.5, 0.6) is 0 Å². The molecule has 1 amide bonds. The van der Waals surface area contributed by atoms with Crippen LogP contribution in [0.2, 0.25) is 0 Å². The molecule has 2 aromatic carbocycles. The Morgan fingerprint density at radius 3 is 2.52 bits per heavy atom. The number of carbonyl (C=O) groups excluding carboxylic acids is 1. The second-order valence-electron chi connectivity index (χ2n) is 5.86. The Morgan fingerprint density at radius 1 is 1.13 bits per heavy atom. The highest BCUT2D eigenvalue weighted by molar-refractivity contribution is 5.82. The van der Waals surface area contributed by atoms with Crippen LogP contribution in [-0.4, -0.2) is 23.9 Å². The van der Waals surface area contributed by atoms with Crippen molar-refractivity contribution in [2.75, 3.05) is 7.05 Å². The van der Waals surface area contributed by atoms with Gasteiger partial charge in [-0.1, -0.05) is 42.5 Å². The fraction of sp³-hybridized carbons (Fsp3) is 0.278. The van der Waals surface area contributed by atoms with Crippen LogP contribution in [0.3, 0.4) is 0 Å². The Kier molecular flexibility index (Phi) is 4.69. The molecule has 0 saturated carbocycles. The van der Waals surface area contributed by atoms with E-state index in [0.29, 0.717) is 13.0 Å². The van der Waals surface area contributed by atoms with Crippen LogP contribution in [0.15, 0.2) is 54.6 Å². The summed E-state index contributed by atoms with van der Waals surface area (Å²) in [5, 5.41) is 0. The lowest BCUT2D eigenvalue weighted by Crippen LogP contribution is -2.43. The molecule has 3 rings (SSSR count). The van der Waals surface area contributed by atoms with Crippen LogP contribution >= 0.6 is 0 Å². The van der Waals surface area contributed by atoms with Crippen molar-refractivity contribution in [3.05, 3.63) is 71.5 Å². The highest BCUT2D eigenvalue weighted by Gasteiger charge is 2.31. The van der Waals surface area contributed by atoms with Gasteiger partial charge in [-0.05, 0) is 29.7 Å². The summed E-state index contributed by atoms with van der Waals surface area (Å²) >= 11 is 0. The molecular weight excluding hydrogens is 293 g/mol. The van der Waals surface area contributed by atoms with Gasteiger partial charge in [-0.15, -0.1) is 0 Å². The zero-order valence-electron chi connectivity index (χ0n) is 13.0. The zero-order chi connectivity index (χ0) is 16.2. The van der Waals surface area contributed by atoms with Crippen molar-refractivity contribution in [2.45, 2.75) is 25.0 Å². The number of benzene rings is 2. The fourth-order valence-electron chi connectivity index (χ4n) is 2.83. The fourth-order valence-corrected chi connectivity index (χ4v) is 2.83. The largest absolute Gasteiger partial charge is 0.340 e. The lowest BCUT2D eigenvalue weighted by Gasteiger charge is -2.21. The smallest absolute Gasteiger partial charge is 0.241 e.